The van der Waals surface area contributed by atoms with Crippen LogP contribution in [0, 0.1) is 3.57 Å². The smallest absolute Gasteiger partial charge is 0.295 e. The first-order valence-electron chi connectivity index (χ1n) is 5.17. The topological polar surface area (TPSA) is 81.6 Å². The highest BCUT2D eigenvalue weighted by molar-refractivity contribution is 14.1. The molecule has 0 saturated heterocycles. The predicted molar refractivity (Wildman–Crippen MR) is 66.5 cm³/mol. The van der Waals surface area contributed by atoms with Crippen molar-refractivity contribution in [2.24, 2.45) is 5.10 Å². The number of nitrogens with one attached hydrogen (secondary N) is 1. The molecule has 0 aromatic carbocycles. The number of carbonyl (C=O) groups is 1. The summed E-state index contributed by atoms with van der Waals surface area (Å²) in [5, 5.41) is 18.6. The Hall–Kier alpha value is -1.24. The number of rotatable bonds is 3. The van der Waals surface area contributed by atoms with E-state index in [1.54, 1.807) is 22.6 Å². The van der Waals surface area contributed by atoms with Gasteiger partial charge in [-0.3, -0.25) is 9.89 Å². The van der Waals surface area contributed by atoms with Crippen LogP contribution in [0.15, 0.2) is 11.3 Å². The quantitative estimate of drug-likeness (QED) is 0.589. The summed E-state index contributed by atoms with van der Waals surface area (Å²) in [7, 11) is 0. The van der Waals surface area contributed by atoms with Gasteiger partial charge in [0.2, 0.25) is 5.72 Å². The molecule has 0 saturated carbocycles. The molecule has 0 bridgehead atoms. The molecule has 0 radical (unpaired) electrons. The normalized spacial score (nSPS) is 22.8. The van der Waals surface area contributed by atoms with E-state index in [-0.39, 0.29) is 14.3 Å². The van der Waals surface area contributed by atoms with Crippen molar-refractivity contribution in [1.82, 2.24) is 15.2 Å². The van der Waals surface area contributed by atoms with E-state index >= 15 is 0 Å². The number of aliphatic hydroxyl groups is 1. The molecule has 110 valence electrons. The molecule has 0 aliphatic carbocycles. The summed E-state index contributed by atoms with van der Waals surface area (Å²) in [5.41, 5.74) is -4.28. The van der Waals surface area contributed by atoms with Gasteiger partial charge in [0.05, 0.1) is 9.77 Å². The highest BCUT2D eigenvalue weighted by atomic mass is 127. The van der Waals surface area contributed by atoms with Crippen molar-refractivity contribution in [3.8, 4) is 0 Å². The summed E-state index contributed by atoms with van der Waals surface area (Å²) in [5.74, 6) is -1.16. The molecule has 0 unspecified atom stereocenters. The van der Waals surface area contributed by atoms with E-state index in [1.807, 2.05) is 0 Å². The zero-order valence-corrected chi connectivity index (χ0v) is 11.7. The minimum atomic E-state index is -3.45. The predicted octanol–water partition coefficient (Wildman–Crippen LogP) is 1.44. The summed E-state index contributed by atoms with van der Waals surface area (Å²) in [6.45, 7) is 0. The van der Waals surface area contributed by atoms with Crippen LogP contribution in [-0.4, -0.2) is 50.5 Å². The molecule has 6 nitrogen and oxygen atoms in total. The molecule has 1 aromatic rings. The Labute approximate surface area is 123 Å². The number of hydrazone groups is 1. The van der Waals surface area contributed by atoms with Gasteiger partial charge < -0.3 is 5.11 Å². The third-order valence-electron chi connectivity index (χ3n) is 2.64. The molecular weight excluding hydrogens is 399 g/mol. The third-order valence-corrected chi connectivity index (χ3v) is 3.46. The molecule has 0 fully saturated rings. The van der Waals surface area contributed by atoms with E-state index in [9.17, 15) is 27.5 Å². The van der Waals surface area contributed by atoms with Gasteiger partial charge in [0.15, 0.2) is 0 Å². The molecule has 1 amide bonds. The van der Waals surface area contributed by atoms with E-state index in [4.69, 9.17) is 0 Å². The lowest BCUT2D eigenvalue weighted by atomic mass is 10.1. The fourth-order valence-electron chi connectivity index (χ4n) is 1.63. The summed E-state index contributed by atoms with van der Waals surface area (Å²) in [6, 6.07) is 0. The SMILES string of the molecule is O=C(c1[nH]ncc1I)N1N=C(C(F)F)C[C@]1(O)C(F)F. The van der Waals surface area contributed by atoms with Gasteiger partial charge in [-0.25, -0.2) is 17.6 Å². The number of H-pyrrole nitrogens is 1. The first-order chi connectivity index (χ1) is 9.27. The molecule has 20 heavy (non-hydrogen) atoms. The van der Waals surface area contributed by atoms with Crippen LogP contribution in [0.1, 0.15) is 16.9 Å². The fraction of sp³-hybridized carbons (Fsp3) is 0.444. The van der Waals surface area contributed by atoms with Crippen LogP contribution < -0.4 is 0 Å². The van der Waals surface area contributed by atoms with Crippen LogP contribution in [0.25, 0.3) is 0 Å². The number of aromatic amines is 1. The maximum Gasteiger partial charge on any atom is 0.295 e. The van der Waals surface area contributed by atoms with Crippen molar-refractivity contribution >= 4 is 34.2 Å². The third kappa shape index (κ3) is 2.39. The van der Waals surface area contributed by atoms with Crippen LogP contribution in [0.3, 0.4) is 0 Å². The molecule has 0 spiro atoms. The lowest BCUT2D eigenvalue weighted by Gasteiger charge is -2.29. The molecular formula is C9H7F4IN4O2. The summed E-state index contributed by atoms with van der Waals surface area (Å²) >= 11 is 1.70. The zero-order valence-electron chi connectivity index (χ0n) is 9.53. The van der Waals surface area contributed by atoms with Crippen LogP contribution >= 0.6 is 22.6 Å². The molecule has 2 heterocycles. The average molecular weight is 406 g/mol. The first kappa shape index (κ1) is 15.2. The van der Waals surface area contributed by atoms with Gasteiger partial charge in [0.1, 0.15) is 11.4 Å². The van der Waals surface area contributed by atoms with Gasteiger partial charge in [-0.2, -0.15) is 15.2 Å². The number of hydrogen-bond donors (Lipinski definition) is 2. The number of halogens is 5. The van der Waals surface area contributed by atoms with Crippen molar-refractivity contribution < 1.29 is 27.5 Å². The highest BCUT2D eigenvalue weighted by Crippen LogP contribution is 2.34. The lowest BCUT2D eigenvalue weighted by molar-refractivity contribution is -0.164. The molecule has 2 N–H and O–H groups in total. The number of alkyl halides is 4. The van der Waals surface area contributed by atoms with E-state index < -0.39 is 36.6 Å². The second kappa shape index (κ2) is 5.27. The standard InChI is InChI=1S/C9H7F4IN4O2/c10-6(11)4-1-9(20,8(12)13)18(17-4)7(19)5-3(14)2-15-16-5/h2,6,8,20H,1H2,(H,15,16)/t9-/m0/s1. The maximum atomic E-state index is 12.9. The molecule has 2 rings (SSSR count). The summed E-state index contributed by atoms with van der Waals surface area (Å²) in [4.78, 5) is 12.0. The van der Waals surface area contributed by atoms with E-state index in [1.165, 1.54) is 6.20 Å². The number of carbonyl (C=O) groups excluding carboxylic acids is 1. The van der Waals surface area contributed by atoms with E-state index in [2.05, 4.69) is 15.3 Å². The van der Waals surface area contributed by atoms with Crippen LogP contribution in [0.2, 0.25) is 0 Å². The largest absolute Gasteiger partial charge is 0.364 e. The van der Waals surface area contributed by atoms with Gasteiger partial charge >= 0.3 is 0 Å². The average Bonchev–Trinajstić information content (AvgIpc) is 2.93. The minimum Gasteiger partial charge on any atom is -0.364 e. The second-order valence-corrected chi connectivity index (χ2v) is 5.12. The lowest BCUT2D eigenvalue weighted by Crippen LogP contribution is -2.51. The van der Waals surface area contributed by atoms with Crippen molar-refractivity contribution in [1.29, 1.82) is 0 Å². The van der Waals surface area contributed by atoms with E-state index in [0.717, 1.165) is 0 Å². The number of aromatic nitrogens is 2. The van der Waals surface area contributed by atoms with Crippen molar-refractivity contribution in [2.75, 3.05) is 0 Å². The minimum absolute atomic E-state index is 0.0190. The molecule has 11 heteroatoms. The Morgan fingerprint density at radius 2 is 2.15 bits per heavy atom. The van der Waals surface area contributed by atoms with Gasteiger partial charge in [0, 0.05) is 6.42 Å². The zero-order chi connectivity index (χ0) is 15.1. The van der Waals surface area contributed by atoms with Crippen LogP contribution in [-0.2, 0) is 0 Å². The molecule has 1 aliphatic heterocycles. The Kier molecular flexibility index (Phi) is 4.00. The first-order valence-corrected chi connectivity index (χ1v) is 6.24. The monoisotopic (exact) mass is 406 g/mol. The Morgan fingerprint density at radius 3 is 2.60 bits per heavy atom. The van der Waals surface area contributed by atoms with Crippen molar-refractivity contribution in [3.05, 3.63) is 15.5 Å². The Morgan fingerprint density at radius 1 is 1.50 bits per heavy atom. The summed E-state index contributed by atoms with van der Waals surface area (Å²) in [6.07, 6.45) is -6.46. The number of hydrogen-bond acceptors (Lipinski definition) is 4. The van der Waals surface area contributed by atoms with Gasteiger partial charge in [0.25, 0.3) is 18.8 Å². The molecule has 1 aliphatic rings. The van der Waals surface area contributed by atoms with Crippen molar-refractivity contribution in [2.45, 2.75) is 25.0 Å². The fourth-order valence-corrected chi connectivity index (χ4v) is 2.12. The Balaban J connectivity index is 2.40. The Bertz CT molecular complexity index is 564. The van der Waals surface area contributed by atoms with Gasteiger partial charge in [-0.1, -0.05) is 0 Å². The highest BCUT2D eigenvalue weighted by Gasteiger charge is 2.53. The number of nitrogens with zero attached hydrogens (tertiary/aromatic N) is 3. The van der Waals surface area contributed by atoms with Crippen LogP contribution in [0.5, 0.6) is 0 Å². The second-order valence-electron chi connectivity index (χ2n) is 3.96. The van der Waals surface area contributed by atoms with E-state index in [0.29, 0.717) is 0 Å². The van der Waals surface area contributed by atoms with Gasteiger partial charge in [-0.05, 0) is 22.6 Å². The molecule has 1 atom stereocenters. The summed E-state index contributed by atoms with van der Waals surface area (Å²) < 4.78 is 51.2. The van der Waals surface area contributed by atoms with Crippen LogP contribution in [0.4, 0.5) is 17.6 Å². The molecule has 1 aromatic heterocycles. The number of amides is 1. The van der Waals surface area contributed by atoms with Crippen molar-refractivity contribution in [3.63, 3.8) is 0 Å². The van der Waals surface area contributed by atoms with Gasteiger partial charge in [-0.15, -0.1) is 0 Å². The maximum absolute atomic E-state index is 12.9.